The fourth-order valence-electron chi connectivity index (χ4n) is 3.04. The summed E-state index contributed by atoms with van der Waals surface area (Å²) in [4.78, 5) is 12.2. The molecular weight excluding hydrogens is 303 g/mol. The van der Waals surface area contributed by atoms with Crippen molar-refractivity contribution in [2.75, 3.05) is 6.54 Å². The molecule has 0 heterocycles. The molecular formula is C18H24F3NO. The number of hydrogen-bond donors (Lipinski definition) is 1. The van der Waals surface area contributed by atoms with Crippen molar-refractivity contribution in [3.63, 3.8) is 0 Å². The number of rotatable bonds is 4. The molecule has 1 aromatic carbocycles. The van der Waals surface area contributed by atoms with Crippen molar-refractivity contribution in [3.05, 3.63) is 35.4 Å². The Bertz CT molecular complexity index is 545. The van der Waals surface area contributed by atoms with Crippen LogP contribution in [0.5, 0.6) is 0 Å². The molecule has 0 saturated heterocycles. The van der Waals surface area contributed by atoms with Crippen molar-refractivity contribution in [2.45, 2.75) is 57.5 Å². The maximum absolute atomic E-state index is 12.8. The highest BCUT2D eigenvalue weighted by Gasteiger charge is 2.32. The third-order valence-electron chi connectivity index (χ3n) is 4.65. The highest BCUT2D eigenvalue weighted by molar-refractivity contribution is 5.78. The molecule has 1 aromatic rings. The fourth-order valence-corrected chi connectivity index (χ4v) is 3.04. The van der Waals surface area contributed by atoms with E-state index in [1.807, 2.05) is 13.8 Å². The summed E-state index contributed by atoms with van der Waals surface area (Å²) < 4.78 is 38.5. The summed E-state index contributed by atoms with van der Waals surface area (Å²) in [6.45, 7) is 4.04. The second-order valence-corrected chi connectivity index (χ2v) is 7.02. The minimum atomic E-state index is -4.35. The molecule has 1 saturated carbocycles. The van der Waals surface area contributed by atoms with Crippen LogP contribution in [0.3, 0.4) is 0 Å². The molecule has 1 N–H and O–H groups in total. The molecule has 1 aliphatic carbocycles. The van der Waals surface area contributed by atoms with Crippen molar-refractivity contribution < 1.29 is 18.0 Å². The lowest BCUT2D eigenvalue weighted by atomic mass is 9.83. The number of halogens is 3. The third-order valence-corrected chi connectivity index (χ3v) is 4.65. The van der Waals surface area contributed by atoms with Crippen molar-refractivity contribution in [1.82, 2.24) is 5.32 Å². The third kappa shape index (κ3) is 4.72. The Hall–Kier alpha value is -1.52. The van der Waals surface area contributed by atoms with Gasteiger partial charge in [0, 0.05) is 17.9 Å². The van der Waals surface area contributed by atoms with E-state index < -0.39 is 17.2 Å². The molecule has 0 radical (unpaired) electrons. The van der Waals surface area contributed by atoms with E-state index in [1.54, 1.807) is 6.07 Å². The van der Waals surface area contributed by atoms with Gasteiger partial charge in [-0.05, 0) is 24.5 Å². The van der Waals surface area contributed by atoms with Crippen LogP contribution >= 0.6 is 0 Å². The number of nitrogens with one attached hydrogen (secondary N) is 1. The van der Waals surface area contributed by atoms with Gasteiger partial charge < -0.3 is 5.32 Å². The van der Waals surface area contributed by atoms with Crippen LogP contribution in [0.4, 0.5) is 13.2 Å². The Kier molecular flexibility index (Phi) is 5.37. The zero-order chi connectivity index (χ0) is 17.1. The van der Waals surface area contributed by atoms with Gasteiger partial charge in [0.25, 0.3) is 0 Å². The number of carbonyl (C=O) groups excluding carboxylic acids is 1. The maximum Gasteiger partial charge on any atom is 0.416 e. The van der Waals surface area contributed by atoms with Crippen LogP contribution in [0.15, 0.2) is 24.3 Å². The van der Waals surface area contributed by atoms with E-state index in [9.17, 15) is 18.0 Å². The smallest absolute Gasteiger partial charge is 0.355 e. The van der Waals surface area contributed by atoms with Gasteiger partial charge in [-0.2, -0.15) is 13.2 Å². The average molecular weight is 327 g/mol. The predicted octanol–water partition coefficient (Wildman–Crippen LogP) is 4.68. The van der Waals surface area contributed by atoms with E-state index in [2.05, 4.69) is 5.32 Å². The highest BCUT2D eigenvalue weighted by atomic mass is 19.4. The first-order chi connectivity index (χ1) is 10.7. The van der Waals surface area contributed by atoms with Crippen LogP contribution < -0.4 is 5.32 Å². The van der Waals surface area contributed by atoms with Gasteiger partial charge >= 0.3 is 6.18 Å². The summed E-state index contributed by atoms with van der Waals surface area (Å²) >= 11 is 0. The van der Waals surface area contributed by atoms with Crippen molar-refractivity contribution in [2.24, 2.45) is 5.92 Å². The lowest BCUT2D eigenvalue weighted by Gasteiger charge is -2.28. The van der Waals surface area contributed by atoms with Crippen LogP contribution in [0.2, 0.25) is 0 Å². The van der Waals surface area contributed by atoms with Crippen molar-refractivity contribution >= 4 is 5.91 Å². The van der Waals surface area contributed by atoms with Crippen LogP contribution in [0, 0.1) is 5.92 Å². The van der Waals surface area contributed by atoms with Crippen LogP contribution in [0.1, 0.15) is 57.1 Å². The summed E-state index contributed by atoms with van der Waals surface area (Å²) in [5.74, 6) is 0.0887. The Labute approximate surface area is 135 Å². The standard InChI is InChI=1S/C18H24F3NO/c1-17(2,12-22-16(23)13-7-4-3-5-8-13)14-9-6-10-15(11-14)18(19,20)21/h6,9-11,13H,3-5,7-8,12H2,1-2H3,(H,22,23). The summed E-state index contributed by atoms with van der Waals surface area (Å²) in [7, 11) is 0. The molecule has 0 aromatic heterocycles. The second kappa shape index (κ2) is 6.93. The molecule has 1 fully saturated rings. The molecule has 0 spiro atoms. The van der Waals surface area contributed by atoms with Gasteiger partial charge in [0.2, 0.25) is 5.91 Å². The van der Waals surface area contributed by atoms with Crippen LogP contribution in [-0.4, -0.2) is 12.5 Å². The molecule has 2 rings (SSSR count). The van der Waals surface area contributed by atoms with Crippen molar-refractivity contribution in [3.8, 4) is 0 Å². The number of hydrogen-bond acceptors (Lipinski definition) is 1. The fraction of sp³-hybridized carbons (Fsp3) is 0.611. The maximum atomic E-state index is 12.8. The van der Waals surface area contributed by atoms with Gasteiger partial charge in [0.15, 0.2) is 0 Å². The van der Waals surface area contributed by atoms with E-state index in [0.29, 0.717) is 12.1 Å². The first-order valence-electron chi connectivity index (χ1n) is 8.15. The van der Waals surface area contributed by atoms with E-state index in [1.165, 1.54) is 18.6 Å². The molecule has 1 amide bonds. The minimum absolute atomic E-state index is 0.0322. The normalized spacial score (nSPS) is 17.1. The molecule has 0 atom stereocenters. The van der Waals surface area contributed by atoms with Crippen molar-refractivity contribution in [1.29, 1.82) is 0 Å². The van der Waals surface area contributed by atoms with Crippen LogP contribution in [0.25, 0.3) is 0 Å². The average Bonchev–Trinajstić information content (AvgIpc) is 2.53. The monoisotopic (exact) mass is 327 g/mol. The van der Waals surface area contributed by atoms with E-state index in [0.717, 1.165) is 31.7 Å². The quantitative estimate of drug-likeness (QED) is 0.855. The zero-order valence-corrected chi connectivity index (χ0v) is 13.7. The molecule has 2 nitrogen and oxygen atoms in total. The SMILES string of the molecule is CC(C)(CNC(=O)C1CCCCC1)c1cccc(C(F)(F)F)c1. The minimum Gasteiger partial charge on any atom is -0.355 e. The summed E-state index contributed by atoms with van der Waals surface area (Å²) in [6, 6.07) is 5.35. The number of amides is 1. The summed E-state index contributed by atoms with van der Waals surface area (Å²) in [5.41, 5.74) is -0.621. The Morgan fingerprint density at radius 2 is 1.74 bits per heavy atom. The lowest BCUT2D eigenvalue weighted by molar-refractivity contribution is -0.137. The Morgan fingerprint density at radius 3 is 2.35 bits per heavy atom. The molecule has 23 heavy (non-hydrogen) atoms. The predicted molar refractivity (Wildman–Crippen MR) is 84.1 cm³/mol. The van der Waals surface area contributed by atoms with E-state index in [4.69, 9.17) is 0 Å². The van der Waals surface area contributed by atoms with E-state index in [-0.39, 0.29) is 11.8 Å². The number of benzene rings is 1. The Balaban J connectivity index is 2.02. The lowest BCUT2D eigenvalue weighted by Crippen LogP contribution is -2.40. The number of alkyl halides is 3. The molecule has 0 unspecified atom stereocenters. The first kappa shape index (κ1) is 17.8. The molecule has 0 aliphatic heterocycles. The summed E-state index contributed by atoms with van der Waals surface area (Å²) in [5, 5.41) is 2.93. The largest absolute Gasteiger partial charge is 0.416 e. The summed E-state index contributed by atoms with van der Waals surface area (Å²) in [6.07, 6.45) is 0.812. The zero-order valence-electron chi connectivity index (χ0n) is 13.7. The van der Waals surface area contributed by atoms with Gasteiger partial charge in [-0.3, -0.25) is 4.79 Å². The highest BCUT2D eigenvalue weighted by Crippen LogP contribution is 2.32. The van der Waals surface area contributed by atoms with Gasteiger partial charge in [-0.15, -0.1) is 0 Å². The first-order valence-corrected chi connectivity index (χ1v) is 8.15. The van der Waals surface area contributed by atoms with Gasteiger partial charge in [0.05, 0.1) is 5.56 Å². The number of carbonyl (C=O) groups is 1. The van der Waals surface area contributed by atoms with Crippen LogP contribution in [-0.2, 0) is 16.4 Å². The second-order valence-electron chi connectivity index (χ2n) is 7.02. The molecule has 5 heteroatoms. The molecule has 0 bridgehead atoms. The molecule has 128 valence electrons. The van der Waals surface area contributed by atoms with E-state index >= 15 is 0 Å². The van der Waals surface area contributed by atoms with Gasteiger partial charge in [0.1, 0.15) is 0 Å². The topological polar surface area (TPSA) is 29.1 Å². The van der Waals surface area contributed by atoms with Gasteiger partial charge in [-0.1, -0.05) is 51.3 Å². The Morgan fingerprint density at radius 1 is 1.13 bits per heavy atom. The molecule has 1 aliphatic rings. The van der Waals surface area contributed by atoms with Gasteiger partial charge in [-0.25, -0.2) is 0 Å².